The van der Waals surface area contributed by atoms with Gasteiger partial charge in [0, 0.05) is 30.1 Å². The van der Waals surface area contributed by atoms with Crippen LogP contribution in [0.1, 0.15) is 16.7 Å². The number of nitrogens with zero attached hydrogens (tertiary/aromatic N) is 3. The van der Waals surface area contributed by atoms with E-state index in [1.54, 1.807) is 68.7 Å². The smallest absolute Gasteiger partial charge is 0.307 e. The summed E-state index contributed by atoms with van der Waals surface area (Å²) in [6.07, 6.45) is 0.828. The summed E-state index contributed by atoms with van der Waals surface area (Å²) in [6.45, 7) is -0.359. The van der Waals surface area contributed by atoms with Crippen molar-refractivity contribution in [2.75, 3.05) is 31.2 Å². The van der Waals surface area contributed by atoms with Crippen LogP contribution in [0.4, 0.5) is 11.4 Å². The number of carbonyl (C=O) groups excluding carboxylic acids is 1. The standard InChI is InChI=1S/C28H27ClN4O6S/c1-32(2)24(34)16-33(40(3,38)39)21-10-8-20(9-11-21)30-27(18-6-4-5-17(13-18)14-25(35)36)26-22-12-7-19(29)15-23(22)31-28(26)37/h4-13,15,31,37H,14,16H2,1-3H3,(H,35,36). The fourth-order valence-corrected chi connectivity index (χ4v) is 5.17. The van der Waals surface area contributed by atoms with Gasteiger partial charge in [-0.1, -0.05) is 35.9 Å². The van der Waals surface area contributed by atoms with Crippen LogP contribution in [0.15, 0.2) is 71.7 Å². The zero-order valence-corrected chi connectivity index (χ0v) is 23.5. The van der Waals surface area contributed by atoms with Crippen LogP contribution in [-0.2, 0) is 26.0 Å². The third-order valence-electron chi connectivity index (χ3n) is 6.09. The van der Waals surface area contributed by atoms with Crippen LogP contribution in [0, 0.1) is 0 Å². The minimum absolute atomic E-state index is 0.151. The normalized spacial score (nSPS) is 11.9. The molecule has 3 aromatic carbocycles. The Hall–Kier alpha value is -4.35. The van der Waals surface area contributed by atoms with Crippen molar-refractivity contribution in [2.45, 2.75) is 6.42 Å². The van der Waals surface area contributed by atoms with E-state index in [-0.39, 0.29) is 30.4 Å². The van der Waals surface area contributed by atoms with Gasteiger partial charge in [0.15, 0.2) is 5.88 Å². The third kappa shape index (κ3) is 6.44. The van der Waals surface area contributed by atoms with Crippen LogP contribution >= 0.6 is 11.6 Å². The molecule has 0 aliphatic carbocycles. The summed E-state index contributed by atoms with van der Waals surface area (Å²) >= 11 is 6.14. The number of carboxylic acid groups (broad SMARTS) is 1. The molecular formula is C28H27ClN4O6S. The van der Waals surface area contributed by atoms with E-state index in [9.17, 15) is 28.2 Å². The molecule has 0 aliphatic heterocycles. The van der Waals surface area contributed by atoms with E-state index in [1.165, 1.54) is 17.0 Å². The molecule has 0 unspecified atom stereocenters. The number of benzene rings is 3. The number of sulfonamides is 1. The molecule has 10 nitrogen and oxygen atoms in total. The lowest BCUT2D eigenvalue weighted by atomic mass is 9.98. The first-order valence-electron chi connectivity index (χ1n) is 12.0. The average molecular weight is 583 g/mol. The number of H-pyrrole nitrogens is 1. The zero-order chi connectivity index (χ0) is 29.2. The Labute approximate surface area is 236 Å². The van der Waals surface area contributed by atoms with E-state index < -0.39 is 16.0 Å². The van der Waals surface area contributed by atoms with Gasteiger partial charge in [0.1, 0.15) is 6.54 Å². The summed E-state index contributed by atoms with van der Waals surface area (Å²) in [4.78, 5) is 32.6. The predicted molar refractivity (Wildman–Crippen MR) is 155 cm³/mol. The fourth-order valence-electron chi connectivity index (χ4n) is 4.15. The number of aliphatic imine (C=N–C) groups is 1. The Morgan fingerprint density at radius 1 is 1.02 bits per heavy atom. The molecule has 1 amide bonds. The van der Waals surface area contributed by atoms with E-state index in [0.717, 1.165) is 10.6 Å². The molecule has 1 heterocycles. The lowest BCUT2D eigenvalue weighted by Crippen LogP contribution is -2.39. The topological polar surface area (TPSA) is 143 Å². The SMILES string of the molecule is CN(C)C(=O)CN(c1ccc(N=C(c2cccc(CC(=O)O)c2)c2c(O)[nH]c3cc(Cl)ccc23)cc1)S(C)(=O)=O. The Kier molecular flexibility index (Phi) is 8.17. The van der Waals surface area contributed by atoms with E-state index in [1.807, 2.05) is 0 Å². The first-order valence-corrected chi connectivity index (χ1v) is 14.2. The van der Waals surface area contributed by atoms with Crippen molar-refractivity contribution in [2.24, 2.45) is 4.99 Å². The van der Waals surface area contributed by atoms with E-state index in [2.05, 4.69) is 4.98 Å². The largest absolute Gasteiger partial charge is 0.494 e. The number of nitrogens with one attached hydrogen (secondary N) is 1. The van der Waals surface area contributed by atoms with Crippen molar-refractivity contribution in [3.63, 3.8) is 0 Å². The Morgan fingerprint density at radius 2 is 1.73 bits per heavy atom. The Morgan fingerprint density at radius 3 is 2.35 bits per heavy atom. The van der Waals surface area contributed by atoms with Gasteiger partial charge >= 0.3 is 5.97 Å². The Bertz CT molecular complexity index is 1730. The van der Waals surface area contributed by atoms with Gasteiger partial charge in [-0.25, -0.2) is 13.4 Å². The minimum Gasteiger partial charge on any atom is -0.494 e. The molecule has 208 valence electrons. The summed E-state index contributed by atoms with van der Waals surface area (Å²) in [5, 5.41) is 21.3. The number of fused-ring (bicyclic) bond motifs is 1. The summed E-state index contributed by atoms with van der Waals surface area (Å²) in [5.74, 6) is -1.52. The number of aromatic nitrogens is 1. The van der Waals surface area contributed by atoms with Gasteiger partial charge < -0.3 is 20.1 Å². The van der Waals surface area contributed by atoms with Gasteiger partial charge in [-0.2, -0.15) is 0 Å². The minimum atomic E-state index is -3.76. The summed E-state index contributed by atoms with van der Waals surface area (Å²) < 4.78 is 25.9. The molecule has 12 heteroatoms. The van der Waals surface area contributed by atoms with Gasteiger partial charge in [-0.3, -0.25) is 13.9 Å². The van der Waals surface area contributed by atoms with Crippen LogP contribution in [-0.4, -0.2) is 73.0 Å². The van der Waals surface area contributed by atoms with Crippen LogP contribution in [0.25, 0.3) is 10.9 Å². The van der Waals surface area contributed by atoms with E-state index >= 15 is 0 Å². The zero-order valence-electron chi connectivity index (χ0n) is 21.9. The number of carbonyl (C=O) groups is 2. The first kappa shape index (κ1) is 28.7. The van der Waals surface area contributed by atoms with Gasteiger partial charge in [0.25, 0.3) is 0 Å². The highest BCUT2D eigenvalue weighted by atomic mass is 35.5. The van der Waals surface area contributed by atoms with Crippen LogP contribution < -0.4 is 4.31 Å². The highest BCUT2D eigenvalue weighted by molar-refractivity contribution is 7.92. The second kappa shape index (κ2) is 11.4. The lowest BCUT2D eigenvalue weighted by Gasteiger charge is -2.23. The maximum absolute atomic E-state index is 12.4. The lowest BCUT2D eigenvalue weighted by molar-refractivity contribution is -0.136. The van der Waals surface area contributed by atoms with Crippen molar-refractivity contribution in [3.05, 3.63) is 88.4 Å². The maximum atomic E-state index is 12.4. The van der Waals surface area contributed by atoms with Crippen molar-refractivity contribution in [1.29, 1.82) is 0 Å². The monoisotopic (exact) mass is 582 g/mol. The molecule has 0 aliphatic rings. The molecule has 4 aromatic rings. The quantitative estimate of drug-likeness (QED) is 0.253. The van der Waals surface area contributed by atoms with Gasteiger partial charge in [0.05, 0.1) is 40.8 Å². The molecule has 4 rings (SSSR count). The van der Waals surface area contributed by atoms with E-state index in [4.69, 9.17) is 16.6 Å². The fraction of sp³-hybridized carbons (Fsp3) is 0.179. The van der Waals surface area contributed by atoms with Crippen molar-refractivity contribution >= 4 is 61.5 Å². The molecule has 0 fully saturated rings. The highest BCUT2D eigenvalue weighted by Gasteiger charge is 2.23. The first-order chi connectivity index (χ1) is 18.8. The molecule has 0 spiro atoms. The Balaban J connectivity index is 1.84. The number of carboxylic acids is 1. The van der Waals surface area contributed by atoms with Crippen LogP contribution in [0.5, 0.6) is 5.88 Å². The summed E-state index contributed by atoms with van der Waals surface area (Å²) in [5.41, 5.74) is 3.14. The number of rotatable bonds is 9. The van der Waals surface area contributed by atoms with E-state index in [0.29, 0.717) is 44.0 Å². The molecule has 0 bridgehead atoms. The number of hydrogen-bond acceptors (Lipinski definition) is 6. The second-order valence-electron chi connectivity index (χ2n) is 9.34. The molecule has 3 N–H and O–H groups in total. The van der Waals surface area contributed by atoms with Gasteiger partial charge in [-0.05, 0) is 48.0 Å². The van der Waals surface area contributed by atoms with Crippen molar-refractivity contribution in [3.8, 4) is 5.88 Å². The summed E-state index contributed by atoms with van der Waals surface area (Å²) in [6, 6.07) is 18.2. The number of aromatic amines is 1. The van der Waals surface area contributed by atoms with Crippen molar-refractivity contribution < 1.29 is 28.2 Å². The number of amides is 1. The van der Waals surface area contributed by atoms with Crippen LogP contribution in [0.2, 0.25) is 5.02 Å². The van der Waals surface area contributed by atoms with Gasteiger partial charge in [0.2, 0.25) is 15.9 Å². The predicted octanol–water partition coefficient (Wildman–Crippen LogP) is 4.18. The number of aliphatic carboxylic acids is 1. The highest BCUT2D eigenvalue weighted by Crippen LogP contribution is 2.33. The van der Waals surface area contributed by atoms with Crippen molar-refractivity contribution in [1.82, 2.24) is 9.88 Å². The molecule has 0 saturated heterocycles. The summed E-state index contributed by atoms with van der Waals surface area (Å²) in [7, 11) is -0.668. The van der Waals surface area contributed by atoms with Gasteiger partial charge in [-0.15, -0.1) is 0 Å². The maximum Gasteiger partial charge on any atom is 0.307 e. The third-order valence-corrected chi connectivity index (χ3v) is 7.47. The molecule has 1 aromatic heterocycles. The number of halogens is 1. The van der Waals surface area contributed by atoms with Crippen LogP contribution in [0.3, 0.4) is 0 Å². The number of hydrogen-bond donors (Lipinski definition) is 3. The average Bonchev–Trinajstić information content (AvgIpc) is 3.19. The number of likely N-dealkylation sites (N-methyl/N-ethyl adjacent to an activating group) is 1. The molecule has 40 heavy (non-hydrogen) atoms. The molecule has 0 radical (unpaired) electrons. The molecule has 0 atom stereocenters. The molecular weight excluding hydrogens is 556 g/mol. The number of aromatic hydroxyl groups is 1. The molecule has 0 saturated carbocycles. The second-order valence-corrected chi connectivity index (χ2v) is 11.7. The number of anilines is 1.